The second-order valence-corrected chi connectivity index (χ2v) is 6.32. The first kappa shape index (κ1) is 16.4. The molecule has 1 aromatic heterocycles. The zero-order valence-corrected chi connectivity index (χ0v) is 13.7. The fourth-order valence-electron chi connectivity index (χ4n) is 2.99. The van der Waals surface area contributed by atoms with Crippen molar-refractivity contribution in [2.24, 2.45) is 5.73 Å². The molecule has 2 rings (SSSR count). The largest absolute Gasteiger partial charge is 0.368 e. The second-order valence-electron chi connectivity index (χ2n) is 5.57. The molecule has 0 saturated heterocycles. The lowest BCUT2D eigenvalue weighted by Crippen LogP contribution is -2.48. The van der Waals surface area contributed by atoms with E-state index < -0.39 is 6.04 Å². The second kappa shape index (κ2) is 7.32. The Labute approximate surface area is 135 Å². The van der Waals surface area contributed by atoms with Crippen LogP contribution in [-0.2, 0) is 4.79 Å². The monoisotopic (exact) mass is 329 g/mol. The molecule has 0 aliphatic heterocycles. The summed E-state index contributed by atoms with van der Waals surface area (Å²) >= 11 is 12.1. The van der Waals surface area contributed by atoms with Gasteiger partial charge in [-0.1, -0.05) is 48.9 Å². The highest BCUT2D eigenvalue weighted by Crippen LogP contribution is 2.33. The number of amides is 1. The molecule has 1 fully saturated rings. The number of hydrogen-bond acceptors (Lipinski definition) is 3. The highest BCUT2D eigenvalue weighted by Gasteiger charge is 2.29. The first-order chi connectivity index (χ1) is 10.0. The van der Waals surface area contributed by atoms with Gasteiger partial charge in [-0.15, -0.1) is 0 Å². The van der Waals surface area contributed by atoms with Gasteiger partial charge in [0.2, 0.25) is 5.91 Å². The number of pyridine rings is 1. The number of nitrogens with two attached hydrogens (primary N) is 1. The topological polar surface area (TPSA) is 59.2 Å². The quantitative estimate of drug-likeness (QED) is 0.675. The van der Waals surface area contributed by atoms with Crippen molar-refractivity contribution in [3.63, 3.8) is 0 Å². The average molecular weight is 330 g/mol. The molecule has 1 saturated carbocycles. The zero-order chi connectivity index (χ0) is 15.4. The summed E-state index contributed by atoms with van der Waals surface area (Å²) in [6, 6.07) is 3.35. The van der Waals surface area contributed by atoms with Crippen molar-refractivity contribution in [1.82, 2.24) is 4.98 Å². The van der Waals surface area contributed by atoms with Crippen molar-refractivity contribution in [1.29, 1.82) is 0 Å². The fourth-order valence-corrected chi connectivity index (χ4v) is 3.43. The van der Waals surface area contributed by atoms with E-state index in [9.17, 15) is 4.79 Å². The summed E-state index contributed by atoms with van der Waals surface area (Å²) in [5.41, 5.74) is 6.27. The number of rotatable bonds is 4. The van der Waals surface area contributed by atoms with Gasteiger partial charge >= 0.3 is 0 Å². The number of aromatic nitrogens is 1. The lowest BCUT2D eigenvalue weighted by Gasteiger charge is -2.37. The number of hydrogen-bond donors (Lipinski definition) is 1. The van der Waals surface area contributed by atoms with Crippen molar-refractivity contribution >= 4 is 34.8 Å². The van der Waals surface area contributed by atoms with Gasteiger partial charge in [0.1, 0.15) is 11.2 Å². The molecule has 0 spiro atoms. The zero-order valence-electron chi connectivity index (χ0n) is 12.2. The lowest BCUT2D eigenvalue weighted by molar-refractivity contribution is -0.119. The predicted octanol–water partition coefficient (Wildman–Crippen LogP) is 3.79. The van der Waals surface area contributed by atoms with Crippen LogP contribution in [0.1, 0.15) is 45.4 Å². The minimum absolute atomic E-state index is 0.260. The van der Waals surface area contributed by atoms with Crippen molar-refractivity contribution in [3.05, 3.63) is 22.4 Å². The Kier molecular flexibility index (Phi) is 5.71. The van der Waals surface area contributed by atoms with E-state index in [1.165, 1.54) is 12.8 Å². The highest BCUT2D eigenvalue weighted by molar-refractivity contribution is 6.34. The molecule has 1 aliphatic carbocycles. The van der Waals surface area contributed by atoms with Gasteiger partial charge < -0.3 is 10.6 Å². The molecule has 0 radical (unpaired) electrons. The Hall–Kier alpha value is -1.00. The molecule has 2 N–H and O–H groups in total. The van der Waals surface area contributed by atoms with E-state index >= 15 is 0 Å². The summed E-state index contributed by atoms with van der Waals surface area (Å²) < 4.78 is 0. The van der Waals surface area contributed by atoms with Crippen LogP contribution < -0.4 is 10.6 Å². The molecule has 1 atom stereocenters. The van der Waals surface area contributed by atoms with Crippen LogP contribution in [0.25, 0.3) is 0 Å². The van der Waals surface area contributed by atoms with E-state index in [0.29, 0.717) is 10.3 Å². The Balaban J connectivity index is 2.36. The molecule has 116 valence electrons. The van der Waals surface area contributed by atoms with Crippen molar-refractivity contribution in [2.45, 2.75) is 57.5 Å². The van der Waals surface area contributed by atoms with Crippen molar-refractivity contribution < 1.29 is 4.79 Å². The SMILES string of the molecule is C[C@H](C(N)=O)N(c1ccc(Cl)nc1Cl)C1CCCCCC1. The third-order valence-corrected chi connectivity index (χ3v) is 4.61. The molecular formula is C15H21Cl2N3O. The Morgan fingerprint density at radius 1 is 1.29 bits per heavy atom. The maximum atomic E-state index is 11.7. The third-order valence-electron chi connectivity index (χ3n) is 4.12. The van der Waals surface area contributed by atoms with Crippen LogP contribution in [-0.4, -0.2) is 23.0 Å². The van der Waals surface area contributed by atoms with Gasteiger partial charge in [-0.05, 0) is 31.9 Å². The van der Waals surface area contributed by atoms with Crippen LogP contribution >= 0.6 is 23.2 Å². The van der Waals surface area contributed by atoms with Gasteiger partial charge in [0.25, 0.3) is 0 Å². The van der Waals surface area contributed by atoms with Gasteiger partial charge in [-0.3, -0.25) is 4.79 Å². The fraction of sp³-hybridized carbons (Fsp3) is 0.600. The summed E-state index contributed by atoms with van der Waals surface area (Å²) in [5.74, 6) is -0.356. The molecule has 1 aliphatic rings. The summed E-state index contributed by atoms with van der Waals surface area (Å²) in [6.45, 7) is 1.82. The number of anilines is 1. The van der Waals surface area contributed by atoms with Gasteiger partial charge in [0, 0.05) is 6.04 Å². The van der Waals surface area contributed by atoms with Crippen LogP contribution in [0.4, 0.5) is 5.69 Å². The van der Waals surface area contributed by atoms with E-state index in [-0.39, 0.29) is 11.9 Å². The Morgan fingerprint density at radius 2 is 1.90 bits per heavy atom. The molecule has 6 heteroatoms. The molecule has 4 nitrogen and oxygen atoms in total. The van der Waals surface area contributed by atoms with Crippen LogP contribution in [0, 0.1) is 0 Å². The van der Waals surface area contributed by atoms with E-state index in [1.807, 2.05) is 17.9 Å². The first-order valence-electron chi connectivity index (χ1n) is 7.40. The molecule has 1 aromatic rings. The van der Waals surface area contributed by atoms with E-state index in [0.717, 1.165) is 31.4 Å². The number of primary amides is 1. The summed E-state index contributed by atoms with van der Waals surface area (Å²) in [5, 5.41) is 0.663. The molecule has 0 unspecified atom stereocenters. The molecule has 0 bridgehead atoms. The minimum atomic E-state index is -0.423. The van der Waals surface area contributed by atoms with Gasteiger partial charge in [-0.25, -0.2) is 4.98 Å². The summed E-state index contributed by atoms with van der Waals surface area (Å²) in [7, 11) is 0. The number of nitrogens with zero attached hydrogens (tertiary/aromatic N) is 2. The van der Waals surface area contributed by atoms with E-state index in [4.69, 9.17) is 28.9 Å². The van der Waals surface area contributed by atoms with Crippen LogP contribution in [0.2, 0.25) is 10.3 Å². The predicted molar refractivity (Wildman–Crippen MR) is 86.9 cm³/mol. The summed E-state index contributed by atoms with van der Waals surface area (Å²) in [4.78, 5) is 17.8. The van der Waals surface area contributed by atoms with Crippen molar-refractivity contribution in [3.8, 4) is 0 Å². The van der Waals surface area contributed by atoms with Gasteiger partial charge in [0.15, 0.2) is 5.15 Å². The standard InChI is InChI=1S/C15H21Cl2N3O/c1-10(15(18)21)20(11-6-4-2-3-5-7-11)12-8-9-13(16)19-14(12)17/h8-11H,2-7H2,1H3,(H2,18,21)/t10-/m1/s1. The van der Waals surface area contributed by atoms with Crippen molar-refractivity contribution in [2.75, 3.05) is 4.90 Å². The number of carbonyl (C=O) groups excluding carboxylic acids is 1. The maximum Gasteiger partial charge on any atom is 0.239 e. The highest BCUT2D eigenvalue weighted by atomic mass is 35.5. The Bertz CT molecular complexity index is 502. The average Bonchev–Trinajstić information content (AvgIpc) is 2.70. The third kappa shape index (κ3) is 4.01. The molecule has 0 aromatic carbocycles. The number of halogens is 2. The van der Waals surface area contributed by atoms with E-state index in [1.54, 1.807) is 6.07 Å². The van der Waals surface area contributed by atoms with Crippen LogP contribution in [0.3, 0.4) is 0 Å². The maximum absolute atomic E-state index is 11.7. The smallest absolute Gasteiger partial charge is 0.239 e. The van der Waals surface area contributed by atoms with Crippen LogP contribution in [0.15, 0.2) is 12.1 Å². The van der Waals surface area contributed by atoms with Gasteiger partial charge in [-0.2, -0.15) is 0 Å². The lowest BCUT2D eigenvalue weighted by atomic mass is 10.0. The summed E-state index contributed by atoms with van der Waals surface area (Å²) in [6.07, 6.45) is 6.87. The molecule has 1 heterocycles. The molecule has 1 amide bonds. The van der Waals surface area contributed by atoms with Gasteiger partial charge in [0.05, 0.1) is 5.69 Å². The normalized spacial score (nSPS) is 18.0. The van der Waals surface area contributed by atoms with Crippen LogP contribution in [0.5, 0.6) is 0 Å². The van der Waals surface area contributed by atoms with E-state index in [2.05, 4.69) is 4.98 Å². The minimum Gasteiger partial charge on any atom is -0.368 e. The number of carbonyl (C=O) groups is 1. The Morgan fingerprint density at radius 3 is 2.43 bits per heavy atom. The first-order valence-corrected chi connectivity index (χ1v) is 8.16. The molecular weight excluding hydrogens is 309 g/mol. The molecule has 21 heavy (non-hydrogen) atoms.